The van der Waals surface area contributed by atoms with Crippen LogP contribution in [-0.2, 0) is 9.59 Å². The minimum absolute atomic E-state index is 0.423. The van der Waals surface area contributed by atoms with Crippen molar-refractivity contribution >= 4 is 17.5 Å². The Kier molecular flexibility index (Phi) is 3.46. The second-order valence-corrected chi connectivity index (χ2v) is 4.28. The summed E-state index contributed by atoms with van der Waals surface area (Å²) in [4.78, 5) is 27.0. The smallest absolute Gasteiger partial charge is 0.316 e. The fourth-order valence-corrected chi connectivity index (χ4v) is 2.10. The van der Waals surface area contributed by atoms with Crippen molar-refractivity contribution in [1.29, 1.82) is 0 Å². The summed E-state index contributed by atoms with van der Waals surface area (Å²) in [5.41, 5.74) is 1.81. The third-order valence-electron chi connectivity index (χ3n) is 3.06. The molecular formula is C14H16N2O2. The van der Waals surface area contributed by atoms with Crippen LogP contribution in [0.3, 0.4) is 0 Å². The molecule has 2 rings (SSSR count). The zero-order chi connectivity index (χ0) is 13.1. The van der Waals surface area contributed by atoms with E-state index in [4.69, 9.17) is 0 Å². The van der Waals surface area contributed by atoms with Gasteiger partial charge in [0, 0.05) is 25.3 Å². The van der Waals surface area contributed by atoms with Crippen LogP contribution >= 0.6 is 0 Å². The molecule has 0 bridgehead atoms. The summed E-state index contributed by atoms with van der Waals surface area (Å²) in [6.45, 7) is 7.02. The van der Waals surface area contributed by atoms with Crippen LogP contribution in [0.5, 0.6) is 0 Å². The highest BCUT2D eigenvalue weighted by atomic mass is 16.2. The first-order valence-electron chi connectivity index (χ1n) is 5.92. The summed E-state index contributed by atoms with van der Waals surface area (Å²) >= 11 is 0. The van der Waals surface area contributed by atoms with Crippen LogP contribution in [0.15, 0.2) is 36.9 Å². The molecule has 4 nitrogen and oxygen atoms in total. The number of amides is 2. The highest BCUT2D eigenvalue weighted by Crippen LogP contribution is 2.21. The van der Waals surface area contributed by atoms with Gasteiger partial charge in [0.1, 0.15) is 0 Å². The maximum atomic E-state index is 12.1. The SMILES string of the molecule is C=CCN1CCN(c2ccccc2C)C(=O)C1=O. The minimum Gasteiger partial charge on any atom is -0.329 e. The third kappa shape index (κ3) is 2.14. The molecule has 1 aromatic carbocycles. The van der Waals surface area contributed by atoms with Crippen LogP contribution in [0.1, 0.15) is 5.56 Å². The Balaban J connectivity index is 2.23. The first kappa shape index (κ1) is 12.4. The molecule has 1 aliphatic heterocycles. The van der Waals surface area contributed by atoms with Gasteiger partial charge in [0.2, 0.25) is 0 Å². The number of hydrogen-bond acceptors (Lipinski definition) is 2. The van der Waals surface area contributed by atoms with Gasteiger partial charge in [-0.1, -0.05) is 24.3 Å². The molecule has 0 unspecified atom stereocenters. The summed E-state index contributed by atoms with van der Waals surface area (Å²) in [5.74, 6) is -0.915. The van der Waals surface area contributed by atoms with E-state index in [-0.39, 0.29) is 0 Å². The number of rotatable bonds is 3. The zero-order valence-electron chi connectivity index (χ0n) is 10.4. The van der Waals surface area contributed by atoms with Gasteiger partial charge in [-0.05, 0) is 18.6 Å². The molecule has 0 radical (unpaired) electrons. The fraction of sp³-hybridized carbons (Fsp3) is 0.286. The topological polar surface area (TPSA) is 40.6 Å². The standard InChI is InChI=1S/C14H16N2O2/c1-3-8-15-9-10-16(14(18)13(15)17)12-7-5-4-6-11(12)2/h3-7H,1,8-10H2,2H3. The molecule has 0 aromatic heterocycles. The van der Waals surface area contributed by atoms with Gasteiger partial charge >= 0.3 is 11.8 Å². The number of para-hydroxylation sites is 1. The van der Waals surface area contributed by atoms with Crippen molar-refractivity contribution in [3.63, 3.8) is 0 Å². The van der Waals surface area contributed by atoms with Crippen LogP contribution in [0, 0.1) is 6.92 Å². The van der Waals surface area contributed by atoms with Crippen molar-refractivity contribution in [2.45, 2.75) is 6.92 Å². The van der Waals surface area contributed by atoms with Gasteiger partial charge in [-0.15, -0.1) is 6.58 Å². The van der Waals surface area contributed by atoms with Gasteiger partial charge in [-0.2, -0.15) is 0 Å². The Morgan fingerprint density at radius 3 is 2.61 bits per heavy atom. The number of carbonyl (C=O) groups excluding carboxylic acids is 2. The molecule has 1 aliphatic rings. The van der Waals surface area contributed by atoms with E-state index in [1.54, 1.807) is 11.0 Å². The highest BCUT2D eigenvalue weighted by molar-refractivity contribution is 6.41. The second-order valence-electron chi connectivity index (χ2n) is 4.28. The predicted octanol–water partition coefficient (Wildman–Crippen LogP) is 1.36. The lowest BCUT2D eigenvalue weighted by Crippen LogP contribution is -2.54. The zero-order valence-corrected chi connectivity index (χ0v) is 10.4. The molecule has 1 saturated heterocycles. The molecular weight excluding hydrogens is 228 g/mol. The van der Waals surface area contributed by atoms with E-state index in [1.807, 2.05) is 31.2 Å². The minimum atomic E-state index is -0.461. The molecule has 1 fully saturated rings. The first-order valence-corrected chi connectivity index (χ1v) is 5.92. The Morgan fingerprint density at radius 2 is 1.94 bits per heavy atom. The van der Waals surface area contributed by atoms with Crippen molar-refractivity contribution < 1.29 is 9.59 Å². The average molecular weight is 244 g/mol. The molecule has 94 valence electrons. The number of carbonyl (C=O) groups is 2. The predicted molar refractivity (Wildman–Crippen MR) is 70.3 cm³/mol. The third-order valence-corrected chi connectivity index (χ3v) is 3.06. The van der Waals surface area contributed by atoms with E-state index in [1.165, 1.54) is 4.90 Å². The Bertz CT molecular complexity index is 496. The molecule has 4 heteroatoms. The number of hydrogen-bond donors (Lipinski definition) is 0. The second kappa shape index (κ2) is 5.04. The van der Waals surface area contributed by atoms with Gasteiger partial charge < -0.3 is 9.80 Å². The molecule has 0 aliphatic carbocycles. The summed E-state index contributed by atoms with van der Waals surface area (Å²) < 4.78 is 0. The van der Waals surface area contributed by atoms with E-state index in [9.17, 15) is 9.59 Å². The first-order chi connectivity index (χ1) is 8.65. The van der Waals surface area contributed by atoms with Crippen LogP contribution in [0.25, 0.3) is 0 Å². The molecule has 18 heavy (non-hydrogen) atoms. The largest absolute Gasteiger partial charge is 0.329 e. The van der Waals surface area contributed by atoms with Crippen molar-refractivity contribution in [2.75, 3.05) is 24.5 Å². The van der Waals surface area contributed by atoms with Gasteiger partial charge in [0.05, 0.1) is 0 Å². The lowest BCUT2D eigenvalue weighted by Gasteiger charge is -2.33. The maximum absolute atomic E-state index is 12.1. The summed E-state index contributed by atoms with van der Waals surface area (Å²) in [6.07, 6.45) is 1.63. The molecule has 0 N–H and O–H groups in total. The van der Waals surface area contributed by atoms with Gasteiger partial charge in [0.15, 0.2) is 0 Å². The number of benzene rings is 1. The van der Waals surface area contributed by atoms with E-state index in [0.29, 0.717) is 19.6 Å². The van der Waals surface area contributed by atoms with Crippen LogP contribution < -0.4 is 4.90 Å². The van der Waals surface area contributed by atoms with Gasteiger partial charge in [0.25, 0.3) is 0 Å². The number of anilines is 1. The molecule has 1 heterocycles. The lowest BCUT2D eigenvalue weighted by molar-refractivity contribution is -0.145. The van der Waals surface area contributed by atoms with Crippen molar-refractivity contribution in [3.05, 3.63) is 42.5 Å². The summed E-state index contributed by atoms with van der Waals surface area (Å²) in [5, 5.41) is 0. The van der Waals surface area contributed by atoms with Gasteiger partial charge in [-0.3, -0.25) is 9.59 Å². The number of piperazine rings is 1. The molecule has 0 spiro atoms. The molecule has 0 saturated carbocycles. The highest BCUT2D eigenvalue weighted by Gasteiger charge is 2.32. The fourth-order valence-electron chi connectivity index (χ4n) is 2.10. The molecule has 0 atom stereocenters. The normalized spacial score (nSPS) is 16.1. The van der Waals surface area contributed by atoms with Crippen LogP contribution in [0.4, 0.5) is 5.69 Å². The van der Waals surface area contributed by atoms with E-state index in [2.05, 4.69) is 6.58 Å². The Hall–Kier alpha value is -2.10. The Morgan fingerprint density at radius 1 is 1.22 bits per heavy atom. The average Bonchev–Trinajstić information content (AvgIpc) is 2.37. The van der Waals surface area contributed by atoms with Crippen molar-refractivity contribution in [2.24, 2.45) is 0 Å². The van der Waals surface area contributed by atoms with E-state index >= 15 is 0 Å². The molecule has 2 amide bonds. The van der Waals surface area contributed by atoms with Crippen LogP contribution in [0.2, 0.25) is 0 Å². The number of aryl methyl sites for hydroxylation is 1. The Labute approximate surface area is 106 Å². The monoisotopic (exact) mass is 244 g/mol. The van der Waals surface area contributed by atoms with Crippen molar-refractivity contribution in [3.8, 4) is 0 Å². The maximum Gasteiger partial charge on any atom is 0.316 e. The van der Waals surface area contributed by atoms with Crippen LogP contribution in [-0.4, -0.2) is 36.3 Å². The summed E-state index contributed by atoms with van der Waals surface area (Å²) in [6, 6.07) is 7.59. The van der Waals surface area contributed by atoms with E-state index < -0.39 is 11.8 Å². The van der Waals surface area contributed by atoms with Gasteiger partial charge in [-0.25, -0.2) is 0 Å². The number of nitrogens with zero attached hydrogens (tertiary/aromatic N) is 2. The lowest BCUT2D eigenvalue weighted by atomic mass is 10.1. The molecule has 1 aromatic rings. The van der Waals surface area contributed by atoms with E-state index in [0.717, 1.165) is 11.3 Å². The summed E-state index contributed by atoms with van der Waals surface area (Å²) in [7, 11) is 0. The quantitative estimate of drug-likeness (QED) is 0.595. The van der Waals surface area contributed by atoms with Crippen molar-refractivity contribution in [1.82, 2.24) is 4.90 Å².